The molecule has 34 heavy (non-hydrogen) atoms. The van der Waals surface area contributed by atoms with Gasteiger partial charge < -0.3 is 22.9 Å². The van der Waals surface area contributed by atoms with Crippen LogP contribution in [0.25, 0.3) is 10.9 Å². The number of primary amides is 1. The number of hydrogen-bond acceptors (Lipinski definition) is 7. The highest BCUT2D eigenvalue weighted by atomic mass is 35.5. The maximum Gasteiger partial charge on any atom is 0.433 e. The fraction of sp³-hybridized carbons (Fsp3) is 0.364. The third-order valence-corrected chi connectivity index (χ3v) is 4.78. The average molecular weight is 500 g/mol. The van der Waals surface area contributed by atoms with Crippen molar-refractivity contribution in [3.63, 3.8) is 0 Å². The summed E-state index contributed by atoms with van der Waals surface area (Å²) in [5.41, 5.74) is 19.5. The van der Waals surface area contributed by atoms with Crippen molar-refractivity contribution in [3.05, 3.63) is 52.9 Å². The first kappa shape index (κ1) is 28.9. The molecule has 8 nitrogen and oxygen atoms in total. The number of alkyl halides is 3. The average Bonchev–Trinajstić information content (AvgIpc) is 2.82. The Kier molecular flexibility index (Phi) is 12.0. The monoisotopic (exact) mass is 499 g/mol. The normalized spacial score (nSPS) is 12.8. The number of rotatable bonds is 1. The van der Waals surface area contributed by atoms with Gasteiger partial charge >= 0.3 is 6.18 Å². The summed E-state index contributed by atoms with van der Waals surface area (Å²) in [5.74, 6) is -0.426. The SMILES string of the molecule is C1CCCCC1.CN.NC(=O)c1cnc(N)nc1.Nc1cc(C(F)(F)F)nc2ccc(Cl)cc12. The van der Waals surface area contributed by atoms with Crippen LogP contribution in [0.4, 0.5) is 24.8 Å². The van der Waals surface area contributed by atoms with Crippen LogP contribution in [0.15, 0.2) is 36.7 Å². The molecule has 1 saturated carbocycles. The first-order valence-corrected chi connectivity index (χ1v) is 10.8. The third kappa shape index (κ3) is 9.75. The van der Waals surface area contributed by atoms with Crippen LogP contribution in [0.3, 0.4) is 0 Å². The molecule has 186 valence electrons. The van der Waals surface area contributed by atoms with Gasteiger partial charge in [0.05, 0.1) is 11.1 Å². The van der Waals surface area contributed by atoms with Crippen molar-refractivity contribution in [2.24, 2.45) is 11.5 Å². The molecule has 1 amide bonds. The molecule has 0 atom stereocenters. The summed E-state index contributed by atoms with van der Waals surface area (Å²) in [6, 6.07) is 5.16. The van der Waals surface area contributed by atoms with Crippen molar-refractivity contribution in [2.75, 3.05) is 18.5 Å². The molecule has 1 aliphatic rings. The Morgan fingerprint density at radius 1 is 0.941 bits per heavy atom. The van der Waals surface area contributed by atoms with Crippen LogP contribution in [0.2, 0.25) is 5.02 Å². The molecule has 2 heterocycles. The number of carbonyl (C=O) groups is 1. The standard InChI is InChI=1S/C10H6ClF3N2.C6H12.C5H6N4O.CH5N/c11-5-1-2-8-6(3-5)7(15)4-9(16-8)10(12,13)14;1-2-4-6-5-3-1;6-4(10)3-1-8-5(7)9-2-3;1-2/h1-4H,(H2,15,16);1-6H2;1-2H,(H2,6,10)(H2,7,8,9);2H2,1H3. The van der Waals surface area contributed by atoms with Gasteiger partial charge in [-0.25, -0.2) is 15.0 Å². The molecule has 12 heteroatoms. The Hall–Kier alpha value is -3.18. The number of fused-ring (bicyclic) bond motifs is 1. The Balaban J connectivity index is 0.000000273. The maximum atomic E-state index is 12.4. The summed E-state index contributed by atoms with van der Waals surface area (Å²) in [6.45, 7) is 0. The van der Waals surface area contributed by atoms with Gasteiger partial charge in [0.15, 0.2) is 0 Å². The number of hydrogen-bond donors (Lipinski definition) is 4. The number of carbonyl (C=O) groups excluding carboxylic acids is 1. The van der Waals surface area contributed by atoms with Crippen LogP contribution < -0.4 is 22.9 Å². The van der Waals surface area contributed by atoms with E-state index in [0.29, 0.717) is 10.4 Å². The number of anilines is 2. The molecule has 0 saturated heterocycles. The zero-order chi connectivity index (χ0) is 25.7. The number of aromatic nitrogens is 3. The molecule has 0 spiro atoms. The summed E-state index contributed by atoms with van der Waals surface area (Å²) in [7, 11) is 1.50. The first-order valence-electron chi connectivity index (χ1n) is 10.5. The number of nitrogens with zero attached hydrogens (tertiary/aromatic N) is 3. The number of pyridine rings is 1. The quantitative estimate of drug-likeness (QED) is 0.381. The lowest BCUT2D eigenvalue weighted by molar-refractivity contribution is -0.140. The van der Waals surface area contributed by atoms with Crippen LogP contribution >= 0.6 is 11.6 Å². The molecule has 1 fully saturated rings. The molecular formula is C22H29ClF3N7O. The van der Waals surface area contributed by atoms with Gasteiger partial charge in [-0.3, -0.25) is 4.79 Å². The van der Waals surface area contributed by atoms with Crippen LogP contribution in [0.1, 0.15) is 54.6 Å². The Morgan fingerprint density at radius 3 is 1.88 bits per heavy atom. The fourth-order valence-electron chi connectivity index (χ4n) is 2.90. The molecule has 0 radical (unpaired) electrons. The van der Waals surface area contributed by atoms with Gasteiger partial charge in [0.1, 0.15) is 5.69 Å². The molecular weight excluding hydrogens is 471 g/mol. The number of nitrogens with two attached hydrogens (primary N) is 4. The smallest absolute Gasteiger partial charge is 0.398 e. The summed E-state index contributed by atoms with van der Waals surface area (Å²) in [4.78, 5) is 21.0. The van der Waals surface area contributed by atoms with Gasteiger partial charge in [-0.2, -0.15) is 13.2 Å². The van der Waals surface area contributed by atoms with Gasteiger partial charge in [0, 0.05) is 28.5 Å². The second kappa shape index (κ2) is 14.2. The van der Waals surface area contributed by atoms with Crippen LogP contribution in [-0.2, 0) is 6.18 Å². The number of nitrogen functional groups attached to an aromatic ring is 2. The van der Waals surface area contributed by atoms with E-state index in [1.165, 1.54) is 76.2 Å². The summed E-state index contributed by atoms with van der Waals surface area (Å²) in [5, 5.41) is 0.821. The van der Waals surface area contributed by atoms with E-state index in [-0.39, 0.29) is 22.7 Å². The van der Waals surface area contributed by atoms with E-state index in [0.717, 1.165) is 6.07 Å². The summed E-state index contributed by atoms with van der Waals surface area (Å²) in [6.07, 6.45) is 7.07. The van der Waals surface area contributed by atoms with Crippen molar-refractivity contribution in [3.8, 4) is 0 Å². The molecule has 3 aromatic rings. The van der Waals surface area contributed by atoms with Crippen LogP contribution in [-0.4, -0.2) is 27.9 Å². The van der Waals surface area contributed by atoms with Crippen LogP contribution in [0.5, 0.6) is 0 Å². The van der Waals surface area contributed by atoms with Crippen molar-refractivity contribution < 1.29 is 18.0 Å². The molecule has 1 aliphatic carbocycles. The van der Waals surface area contributed by atoms with Crippen LogP contribution in [0, 0.1) is 0 Å². The first-order chi connectivity index (χ1) is 16.1. The van der Waals surface area contributed by atoms with Gasteiger partial charge in [0.25, 0.3) is 5.91 Å². The lowest BCUT2D eigenvalue weighted by Crippen LogP contribution is -2.12. The van der Waals surface area contributed by atoms with Gasteiger partial charge in [-0.15, -0.1) is 0 Å². The molecule has 0 aliphatic heterocycles. The topological polar surface area (TPSA) is 160 Å². The number of amides is 1. The molecule has 0 bridgehead atoms. The van der Waals surface area contributed by atoms with Gasteiger partial charge in [-0.1, -0.05) is 50.1 Å². The highest BCUT2D eigenvalue weighted by Gasteiger charge is 2.33. The van der Waals surface area contributed by atoms with E-state index in [2.05, 4.69) is 20.7 Å². The van der Waals surface area contributed by atoms with Crippen molar-refractivity contribution >= 4 is 40.0 Å². The lowest BCUT2D eigenvalue weighted by atomic mass is 10.0. The predicted octanol–water partition coefficient (Wildman–Crippen LogP) is 4.56. The maximum absolute atomic E-state index is 12.4. The summed E-state index contributed by atoms with van der Waals surface area (Å²) < 4.78 is 37.3. The molecule has 1 aromatic carbocycles. The van der Waals surface area contributed by atoms with Gasteiger partial charge in [-0.05, 0) is 31.3 Å². The van der Waals surface area contributed by atoms with Crippen molar-refractivity contribution in [1.29, 1.82) is 0 Å². The second-order valence-electron chi connectivity index (χ2n) is 7.07. The van der Waals surface area contributed by atoms with E-state index in [1.54, 1.807) is 0 Å². The lowest BCUT2D eigenvalue weighted by Gasteiger charge is -2.09. The minimum atomic E-state index is -4.50. The molecule has 2 aromatic heterocycles. The highest BCUT2D eigenvalue weighted by molar-refractivity contribution is 6.31. The summed E-state index contributed by atoms with van der Waals surface area (Å²) >= 11 is 5.71. The third-order valence-electron chi connectivity index (χ3n) is 4.55. The highest BCUT2D eigenvalue weighted by Crippen LogP contribution is 2.32. The number of benzene rings is 1. The molecule has 0 unspecified atom stereocenters. The largest absolute Gasteiger partial charge is 0.433 e. The number of halogens is 4. The molecule has 8 N–H and O–H groups in total. The minimum Gasteiger partial charge on any atom is -0.398 e. The fourth-order valence-corrected chi connectivity index (χ4v) is 3.07. The molecule has 4 rings (SSSR count). The zero-order valence-electron chi connectivity index (χ0n) is 18.8. The Labute approximate surface area is 200 Å². The van der Waals surface area contributed by atoms with Gasteiger partial charge in [0.2, 0.25) is 5.95 Å². The van der Waals surface area contributed by atoms with Crippen molar-refractivity contribution in [1.82, 2.24) is 15.0 Å². The minimum absolute atomic E-state index is 0.0137. The van der Waals surface area contributed by atoms with E-state index in [9.17, 15) is 18.0 Å². The van der Waals surface area contributed by atoms with E-state index >= 15 is 0 Å². The Bertz CT molecular complexity index is 1030. The van der Waals surface area contributed by atoms with E-state index < -0.39 is 17.8 Å². The van der Waals surface area contributed by atoms with Crippen molar-refractivity contribution in [2.45, 2.75) is 44.7 Å². The second-order valence-corrected chi connectivity index (χ2v) is 7.51. The Morgan fingerprint density at radius 2 is 1.44 bits per heavy atom. The van der Waals surface area contributed by atoms with E-state index in [4.69, 9.17) is 28.8 Å². The zero-order valence-corrected chi connectivity index (χ0v) is 19.5. The van der Waals surface area contributed by atoms with E-state index in [1.807, 2.05) is 0 Å². The predicted molar refractivity (Wildman–Crippen MR) is 129 cm³/mol.